The van der Waals surface area contributed by atoms with Crippen LogP contribution in [0.5, 0.6) is 0 Å². The third-order valence-corrected chi connectivity index (χ3v) is 5.98. The molecule has 3 aromatic rings. The number of nitrogens with one attached hydrogen (secondary N) is 2. The van der Waals surface area contributed by atoms with Gasteiger partial charge in [-0.25, -0.2) is 9.48 Å². The molecule has 0 bridgehead atoms. The molecule has 0 saturated heterocycles. The minimum Gasteiger partial charge on any atom is -0.313 e. The summed E-state index contributed by atoms with van der Waals surface area (Å²) in [4.78, 5) is 27.6. The van der Waals surface area contributed by atoms with E-state index in [0.717, 1.165) is 28.1 Å². The predicted molar refractivity (Wildman–Crippen MR) is 142 cm³/mol. The maximum Gasteiger partial charge on any atom is 0.322 e. The van der Waals surface area contributed by atoms with E-state index in [0.29, 0.717) is 11.5 Å². The van der Waals surface area contributed by atoms with Gasteiger partial charge < -0.3 is 15.5 Å². The van der Waals surface area contributed by atoms with E-state index < -0.39 is 0 Å². The molecular weight excluding hydrogens is 438 g/mol. The Morgan fingerprint density at radius 2 is 1.60 bits per heavy atom. The lowest BCUT2D eigenvalue weighted by Crippen LogP contribution is -2.44. The highest BCUT2D eigenvalue weighted by Crippen LogP contribution is 2.26. The molecule has 2 aromatic carbocycles. The summed E-state index contributed by atoms with van der Waals surface area (Å²) < 4.78 is 1.74. The van der Waals surface area contributed by atoms with Gasteiger partial charge in [-0.2, -0.15) is 5.10 Å². The zero-order chi connectivity index (χ0) is 25.9. The highest BCUT2D eigenvalue weighted by Gasteiger charge is 2.24. The van der Waals surface area contributed by atoms with E-state index in [4.69, 9.17) is 5.10 Å². The second-order valence-electron chi connectivity index (χ2n) is 10.4. The quantitative estimate of drug-likeness (QED) is 0.460. The number of aryl methyl sites for hydroxylation is 3. The molecular formula is C28H37N5O2. The van der Waals surface area contributed by atoms with Crippen LogP contribution < -0.4 is 10.6 Å². The number of nitrogens with zero attached hydrogens (tertiary/aromatic N) is 3. The van der Waals surface area contributed by atoms with E-state index >= 15 is 0 Å². The van der Waals surface area contributed by atoms with Gasteiger partial charge in [0.05, 0.1) is 11.4 Å². The Morgan fingerprint density at radius 3 is 2.17 bits per heavy atom. The molecule has 0 aliphatic heterocycles. The van der Waals surface area contributed by atoms with Gasteiger partial charge in [0.15, 0.2) is 0 Å². The minimum absolute atomic E-state index is 0.0850. The van der Waals surface area contributed by atoms with Crippen molar-refractivity contribution in [3.8, 4) is 5.69 Å². The zero-order valence-electron chi connectivity index (χ0n) is 22.1. The van der Waals surface area contributed by atoms with Crippen LogP contribution in [0.25, 0.3) is 5.69 Å². The van der Waals surface area contributed by atoms with Crippen molar-refractivity contribution < 1.29 is 9.59 Å². The average molecular weight is 476 g/mol. The fourth-order valence-electron chi connectivity index (χ4n) is 3.56. The van der Waals surface area contributed by atoms with E-state index in [1.165, 1.54) is 4.90 Å². The molecule has 7 heteroatoms. The molecule has 1 aromatic heterocycles. The van der Waals surface area contributed by atoms with Crippen molar-refractivity contribution >= 4 is 23.4 Å². The first kappa shape index (κ1) is 26.0. The number of hydrogen-bond acceptors (Lipinski definition) is 3. The van der Waals surface area contributed by atoms with Crippen molar-refractivity contribution in [3.63, 3.8) is 0 Å². The van der Waals surface area contributed by atoms with E-state index in [2.05, 4.69) is 31.4 Å². The lowest BCUT2D eigenvalue weighted by molar-refractivity contribution is -0.117. The van der Waals surface area contributed by atoms with Crippen LogP contribution in [0.4, 0.5) is 16.3 Å². The molecule has 35 heavy (non-hydrogen) atoms. The summed E-state index contributed by atoms with van der Waals surface area (Å²) in [5.41, 5.74) is 5.63. The van der Waals surface area contributed by atoms with Gasteiger partial charge in [-0.05, 0) is 70.0 Å². The lowest BCUT2D eigenvalue weighted by Gasteiger charge is -2.26. The monoisotopic (exact) mass is 475 g/mol. The number of amides is 3. The molecule has 0 unspecified atom stereocenters. The summed E-state index contributed by atoms with van der Waals surface area (Å²) in [6.45, 7) is 16.0. The fourth-order valence-corrected chi connectivity index (χ4v) is 3.56. The van der Waals surface area contributed by atoms with Crippen LogP contribution in [-0.4, -0.2) is 39.2 Å². The van der Waals surface area contributed by atoms with Gasteiger partial charge in [0.1, 0.15) is 12.4 Å². The molecule has 0 saturated carbocycles. The summed E-state index contributed by atoms with van der Waals surface area (Å²) in [5.74, 6) is 0.282. The summed E-state index contributed by atoms with van der Waals surface area (Å²) >= 11 is 0. The van der Waals surface area contributed by atoms with Crippen molar-refractivity contribution in [1.82, 2.24) is 14.7 Å². The standard InChI is InChI=1S/C28H37N5O2/c1-18(2)32(27(35)29-22-12-11-20(4)21(5)15-22)17-26(34)30-25-16-24(28(6,7)8)31-33(25)23-13-9-19(3)10-14-23/h9-16,18H,17H2,1-8H3,(H,29,35)(H,30,34). The topological polar surface area (TPSA) is 79.3 Å². The van der Waals surface area contributed by atoms with E-state index in [9.17, 15) is 9.59 Å². The first-order valence-corrected chi connectivity index (χ1v) is 12.0. The highest BCUT2D eigenvalue weighted by atomic mass is 16.2. The van der Waals surface area contributed by atoms with Gasteiger partial charge in [-0.1, -0.05) is 44.5 Å². The van der Waals surface area contributed by atoms with Crippen molar-refractivity contribution in [2.75, 3.05) is 17.2 Å². The highest BCUT2D eigenvalue weighted by molar-refractivity contribution is 5.97. The zero-order valence-corrected chi connectivity index (χ0v) is 22.1. The summed E-state index contributed by atoms with van der Waals surface area (Å²) in [6.07, 6.45) is 0. The van der Waals surface area contributed by atoms with Crippen LogP contribution in [0.3, 0.4) is 0 Å². The van der Waals surface area contributed by atoms with E-state index in [-0.39, 0.29) is 29.9 Å². The van der Waals surface area contributed by atoms with E-state index in [1.807, 2.05) is 83.1 Å². The molecule has 7 nitrogen and oxygen atoms in total. The third kappa shape index (κ3) is 6.50. The molecule has 3 amide bonds. The Hall–Kier alpha value is -3.61. The maximum absolute atomic E-state index is 13.1. The van der Waals surface area contributed by atoms with Crippen molar-refractivity contribution in [2.45, 2.75) is 66.8 Å². The number of hydrogen-bond donors (Lipinski definition) is 2. The van der Waals surface area contributed by atoms with Gasteiger partial charge >= 0.3 is 6.03 Å². The second-order valence-corrected chi connectivity index (χ2v) is 10.4. The summed E-state index contributed by atoms with van der Waals surface area (Å²) in [6, 6.07) is 15.1. The minimum atomic E-state index is -0.319. The largest absolute Gasteiger partial charge is 0.322 e. The Bertz CT molecular complexity index is 1200. The smallest absolute Gasteiger partial charge is 0.313 e. The number of carbonyl (C=O) groups is 2. The van der Waals surface area contributed by atoms with Crippen molar-refractivity contribution in [1.29, 1.82) is 0 Å². The Balaban J connectivity index is 1.80. The molecule has 0 radical (unpaired) electrons. The normalized spacial score (nSPS) is 11.5. The molecule has 2 N–H and O–H groups in total. The van der Waals surface area contributed by atoms with E-state index in [1.54, 1.807) is 4.68 Å². The third-order valence-electron chi connectivity index (χ3n) is 5.98. The number of aromatic nitrogens is 2. The van der Waals surface area contributed by atoms with Crippen molar-refractivity contribution in [3.05, 3.63) is 70.9 Å². The number of benzene rings is 2. The van der Waals surface area contributed by atoms with Gasteiger partial charge in [0.2, 0.25) is 5.91 Å². The first-order chi connectivity index (χ1) is 16.3. The molecule has 0 aliphatic carbocycles. The molecule has 0 spiro atoms. The molecule has 186 valence electrons. The number of urea groups is 1. The Labute approximate surface area is 208 Å². The molecule has 1 heterocycles. The van der Waals surface area contributed by atoms with Crippen LogP contribution in [0.15, 0.2) is 48.5 Å². The fraction of sp³-hybridized carbons (Fsp3) is 0.393. The van der Waals surface area contributed by atoms with Gasteiger partial charge in [-0.3, -0.25) is 4.79 Å². The number of rotatable bonds is 6. The molecule has 0 aliphatic rings. The van der Waals surface area contributed by atoms with Crippen molar-refractivity contribution in [2.24, 2.45) is 0 Å². The first-order valence-electron chi connectivity index (χ1n) is 12.0. The summed E-state index contributed by atoms with van der Waals surface area (Å²) in [5, 5.41) is 10.7. The number of carbonyl (C=O) groups excluding carboxylic acids is 2. The lowest BCUT2D eigenvalue weighted by atomic mass is 9.92. The van der Waals surface area contributed by atoms with Crippen LogP contribution in [-0.2, 0) is 10.2 Å². The molecule has 0 atom stereocenters. The SMILES string of the molecule is Cc1ccc(-n2nc(C(C)(C)C)cc2NC(=O)CN(C(=O)Nc2ccc(C)c(C)c2)C(C)C)cc1. The predicted octanol–water partition coefficient (Wildman–Crippen LogP) is 5.98. The van der Waals surface area contributed by atoms with Crippen LogP contribution >= 0.6 is 0 Å². The second kappa shape index (κ2) is 10.3. The van der Waals surface area contributed by atoms with Gasteiger partial charge in [-0.15, -0.1) is 0 Å². The molecule has 3 rings (SSSR count). The number of anilines is 2. The van der Waals surface area contributed by atoms with Crippen LogP contribution in [0.1, 0.15) is 57.0 Å². The molecule has 0 fully saturated rings. The van der Waals surface area contributed by atoms with Gasteiger partial charge in [0.25, 0.3) is 0 Å². The van der Waals surface area contributed by atoms with Crippen LogP contribution in [0.2, 0.25) is 0 Å². The Morgan fingerprint density at radius 1 is 0.943 bits per heavy atom. The van der Waals surface area contributed by atoms with Gasteiger partial charge in [0, 0.05) is 23.2 Å². The average Bonchev–Trinajstić information content (AvgIpc) is 3.19. The Kier molecular flexibility index (Phi) is 7.68. The summed E-state index contributed by atoms with van der Waals surface area (Å²) in [7, 11) is 0. The maximum atomic E-state index is 13.1. The van der Waals surface area contributed by atoms with Crippen LogP contribution in [0, 0.1) is 20.8 Å².